The quantitative estimate of drug-likeness (QED) is 0.642. The van der Waals surface area contributed by atoms with E-state index in [0.29, 0.717) is 5.41 Å². The fourth-order valence-corrected chi connectivity index (χ4v) is 2.50. The highest BCUT2D eigenvalue weighted by molar-refractivity contribution is 4.89. The molecule has 0 radical (unpaired) electrons. The highest BCUT2D eigenvalue weighted by Gasteiger charge is 2.33. The third-order valence-electron chi connectivity index (χ3n) is 3.76. The highest BCUT2D eigenvalue weighted by Crippen LogP contribution is 2.36. The normalized spacial score (nSPS) is 23.8. The van der Waals surface area contributed by atoms with Crippen molar-refractivity contribution in [1.82, 2.24) is 5.32 Å². The van der Waals surface area contributed by atoms with Crippen LogP contribution in [0.5, 0.6) is 0 Å². The first-order chi connectivity index (χ1) is 7.67. The SMILES string of the molecule is CCCCOCCCNC1CCCC1(C)C. The molecule has 0 bridgehead atoms. The Hall–Kier alpha value is -0.0800. The summed E-state index contributed by atoms with van der Waals surface area (Å²) in [7, 11) is 0. The van der Waals surface area contributed by atoms with Crippen LogP contribution in [0.25, 0.3) is 0 Å². The molecule has 0 aromatic rings. The maximum atomic E-state index is 5.55. The molecule has 1 fully saturated rings. The Bertz CT molecular complexity index is 180. The van der Waals surface area contributed by atoms with Crippen LogP contribution in [0.4, 0.5) is 0 Å². The lowest BCUT2D eigenvalue weighted by molar-refractivity contribution is 0.127. The number of nitrogens with one attached hydrogen (secondary N) is 1. The van der Waals surface area contributed by atoms with Crippen molar-refractivity contribution in [2.45, 2.75) is 65.3 Å². The summed E-state index contributed by atoms with van der Waals surface area (Å²) in [6.07, 6.45) is 7.69. The summed E-state index contributed by atoms with van der Waals surface area (Å²) in [5, 5.41) is 3.68. The van der Waals surface area contributed by atoms with E-state index in [1.165, 1.54) is 32.1 Å². The van der Waals surface area contributed by atoms with E-state index in [1.807, 2.05) is 0 Å². The second-order valence-electron chi connectivity index (χ2n) is 5.71. The summed E-state index contributed by atoms with van der Waals surface area (Å²) >= 11 is 0. The molecule has 0 heterocycles. The van der Waals surface area contributed by atoms with Gasteiger partial charge in [0.15, 0.2) is 0 Å². The van der Waals surface area contributed by atoms with Crippen LogP contribution in [0, 0.1) is 5.41 Å². The van der Waals surface area contributed by atoms with Crippen LogP contribution in [0.15, 0.2) is 0 Å². The first kappa shape index (κ1) is 14.0. The lowest BCUT2D eigenvalue weighted by atomic mass is 9.87. The summed E-state index contributed by atoms with van der Waals surface area (Å²) in [4.78, 5) is 0. The Morgan fingerprint density at radius 3 is 2.62 bits per heavy atom. The van der Waals surface area contributed by atoms with Gasteiger partial charge in [-0.1, -0.05) is 33.6 Å². The molecule has 1 N–H and O–H groups in total. The number of rotatable bonds is 8. The molecule has 0 aliphatic heterocycles. The zero-order chi connectivity index (χ0) is 11.9. The van der Waals surface area contributed by atoms with Crippen LogP contribution < -0.4 is 5.32 Å². The van der Waals surface area contributed by atoms with Gasteiger partial charge in [0.1, 0.15) is 0 Å². The van der Waals surface area contributed by atoms with Crippen molar-refractivity contribution < 1.29 is 4.74 Å². The van der Waals surface area contributed by atoms with Gasteiger partial charge in [-0.05, 0) is 37.6 Å². The molecule has 1 aliphatic carbocycles. The number of hydrogen-bond acceptors (Lipinski definition) is 2. The molecule has 1 atom stereocenters. The fourth-order valence-electron chi connectivity index (χ4n) is 2.50. The third-order valence-corrected chi connectivity index (χ3v) is 3.76. The van der Waals surface area contributed by atoms with E-state index in [4.69, 9.17) is 4.74 Å². The van der Waals surface area contributed by atoms with E-state index in [-0.39, 0.29) is 0 Å². The number of hydrogen-bond donors (Lipinski definition) is 1. The first-order valence-electron chi connectivity index (χ1n) is 6.98. The molecule has 1 aliphatic rings. The number of unbranched alkanes of at least 4 members (excludes halogenated alkanes) is 1. The lowest BCUT2D eigenvalue weighted by Gasteiger charge is -2.28. The predicted molar refractivity (Wildman–Crippen MR) is 69.8 cm³/mol. The van der Waals surface area contributed by atoms with E-state index < -0.39 is 0 Å². The van der Waals surface area contributed by atoms with Gasteiger partial charge >= 0.3 is 0 Å². The van der Waals surface area contributed by atoms with Crippen molar-refractivity contribution >= 4 is 0 Å². The van der Waals surface area contributed by atoms with E-state index in [2.05, 4.69) is 26.1 Å². The minimum absolute atomic E-state index is 0.503. The van der Waals surface area contributed by atoms with Crippen molar-refractivity contribution in [2.75, 3.05) is 19.8 Å². The molecule has 0 aromatic heterocycles. The monoisotopic (exact) mass is 227 g/mol. The van der Waals surface area contributed by atoms with E-state index in [9.17, 15) is 0 Å². The molecular weight excluding hydrogens is 198 g/mol. The van der Waals surface area contributed by atoms with Gasteiger partial charge in [0, 0.05) is 19.3 Å². The number of ether oxygens (including phenoxy) is 1. The van der Waals surface area contributed by atoms with Crippen LogP contribution in [0.1, 0.15) is 59.3 Å². The van der Waals surface area contributed by atoms with Crippen molar-refractivity contribution in [2.24, 2.45) is 5.41 Å². The topological polar surface area (TPSA) is 21.3 Å². The summed E-state index contributed by atoms with van der Waals surface area (Å²) in [6, 6.07) is 0.725. The molecule has 0 saturated heterocycles. The molecule has 0 amide bonds. The molecule has 96 valence electrons. The second kappa shape index (κ2) is 7.29. The second-order valence-corrected chi connectivity index (χ2v) is 5.71. The molecule has 2 nitrogen and oxygen atoms in total. The summed E-state index contributed by atoms with van der Waals surface area (Å²) in [5.41, 5.74) is 0.503. The zero-order valence-electron chi connectivity index (χ0n) is 11.3. The van der Waals surface area contributed by atoms with Gasteiger partial charge in [-0.2, -0.15) is 0 Å². The minimum atomic E-state index is 0.503. The largest absolute Gasteiger partial charge is 0.381 e. The highest BCUT2D eigenvalue weighted by atomic mass is 16.5. The Balaban J connectivity index is 1.95. The fraction of sp³-hybridized carbons (Fsp3) is 1.00. The average molecular weight is 227 g/mol. The molecule has 16 heavy (non-hydrogen) atoms. The third kappa shape index (κ3) is 4.84. The molecule has 1 rings (SSSR count). The average Bonchev–Trinajstić information content (AvgIpc) is 2.57. The molecule has 1 unspecified atom stereocenters. The maximum Gasteiger partial charge on any atom is 0.0478 e. The van der Waals surface area contributed by atoms with Crippen molar-refractivity contribution in [3.05, 3.63) is 0 Å². The standard InChI is InChI=1S/C14H29NO/c1-4-5-11-16-12-7-10-15-13-8-6-9-14(13,2)3/h13,15H,4-12H2,1-3H3. The van der Waals surface area contributed by atoms with Crippen LogP contribution in [0.2, 0.25) is 0 Å². The van der Waals surface area contributed by atoms with Gasteiger partial charge < -0.3 is 10.1 Å². The van der Waals surface area contributed by atoms with Crippen LogP contribution in [-0.4, -0.2) is 25.8 Å². The molecular formula is C14H29NO. The van der Waals surface area contributed by atoms with Crippen molar-refractivity contribution in [3.63, 3.8) is 0 Å². The molecule has 0 spiro atoms. The van der Waals surface area contributed by atoms with Gasteiger partial charge in [0.05, 0.1) is 0 Å². The van der Waals surface area contributed by atoms with E-state index >= 15 is 0 Å². The summed E-state index contributed by atoms with van der Waals surface area (Å²) in [6.45, 7) is 9.93. The Kier molecular flexibility index (Phi) is 6.37. The summed E-state index contributed by atoms with van der Waals surface area (Å²) < 4.78 is 5.55. The van der Waals surface area contributed by atoms with E-state index in [0.717, 1.165) is 32.2 Å². The van der Waals surface area contributed by atoms with Crippen molar-refractivity contribution in [1.29, 1.82) is 0 Å². The Labute approximate surface area is 101 Å². The van der Waals surface area contributed by atoms with Gasteiger partial charge in [0.2, 0.25) is 0 Å². The zero-order valence-corrected chi connectivity index (χ0v) is 11.3. The smallest absolute Gasteiger partial charge is 0.0478 e. The van der Waals surface area contributed by atoms with Crippen LogP contribution in [0.3, 0.4) is 0 Å². The van der Waals surface area contributed by atoms with Gasteiger partial charge in [-0.3, -0.25) is 0 Å². The Morgan fingerprint density at radius 2 is 2.00 bits per heavy atom. The maximum absolute atomic E-state index is 5.55. The minimum Gasteiger partial charge on any atom is -0.381 e. The van der Waals surface area contributed by atoms with Gasteiger partial charge in [-0.15, -0.1) is 0 Å². The predicted octanol–water partition coefficient (Wildman–Crippen LogP) is 3.36. The molecule has 2 heteroatoms. The van der Waals surface area contributed by atoms with Crippen LogP contribution in [-0.2, 0) is 4.74 Å². The lowest BCUT2D eigenvalue weighted by Crippen LogP contribution is -2.38. The van der Waals surface area contributed by atoms with Crippen LogP contribution >= 0.6 is 0 Å². The van der Waals surface area contributed by atoms with E-state index in [1.54, 1.807) is 0 Å². The first-order valence-corrected chi connectivity index (χ1v) is 6.98. The van der Waals surface area contributed by atoms with Gasteiger partial charge in [0.25, 0.3) is 0 Å². The van der Waals surface area contributed by atoms with Gasteiger partial charge in [-0.25, -0.2) is 0 Å². The molecule has 0 aromatic carbocycles. The van der Waals surface area contributed by atoms with Crippen molar-refractivity contribution in [3.8, 4) is 0 Å². The molecule has 1 saturated carbocycles. The summed E-state index contributed by atoms with van der Waals surface area (Å²) in [5.74, 6) is 0. The Morgan fingerprint density at radius 1 is 1.25 bits per heavy atom.